The molecule has 2 aromatic rings. The maximum atomic E-state index is 9.60. The lowest BCUT2D eigenvalue weighted by Gasteiger charge is -2.18. The Morgan fingerprint density at radius 3 is 2.58 bits per heavy atom. The van der Waals surface area contributed by atoms with Gasteiger partial charge in [0.15, 0.2) is 5.96 Å². The third kappa shape index (κ3) is 7.92. The molecule has 0 aliphatic heterocycles. The van der Waals surface area contributed by atoms with Gasteiger partial charge in [-0.25, -0.2) is 0 Å². The van der Waals surface area contributed by atoms with Crippen molar-refractivity contribution in [2.45, 2.75) is 5.92 Å². The molecule has 1 atom stereocenters. The predicted molar refractivity (Wildman–Crippen MR) is 121 cm³/mol. The molecule has 0 fully saturated rings. The van der Waals surface area contributed by atoms with Crippen molar-refractivity contribution in [3.8, 4) is 5.75 Å². The van der Waals surface area contributed by atoms with Gasteiger partial charge in [0, 0.05) is 24.0 Å². The van der Waals surface area contributed by atoms with Crippen molar-refractivity contribution in [3.63, 3.8) is 0 Å². The van der Waals surface area contributed by atoms with E-state index in [0.717, 1.165) is 15.8 Å². The molecule has 0 spiro atoms. The zero-order chi connectivity index (χ0) is 17.9. The Kier molecular flexibility index (Phi) is 11.3. The fraction of sp³-hybridized carbons (Fsp3) is 0.316. The Morgan fingerprint density at radius 1 is 1.15 bits per heavy atom. The Labute approximate surface area is 180 Å². The van der Waals surface area contributed by atoms with E-state index in [-0.39, 0.29) is 36.5 Å². The highest BCUT2D eigenvalue weighted by atomic mass is 127. The number of hydrogen-bond donors (Lipinski definition) is 3. The van der Waals surface area contributed by atoms with Gasteiger partial charge in [-0.2, -0.15) is 0 Å². The Bertz CT molecular complexity index is 671. The molecular formula is C19H25BrIN3O2. The lowest BCUT2D eigenvalue weighted by molar-refractivity contribution is 0.265. The molecule has 1 unspecified atom stereocenters. The van der Waals surface area contributed by atoms with Crippen LogP contribution in [0.3, 0.4) is 0 Å². The molecule has 0 aromatic heterocycles. The number of rotatable bonds is 8. The molecule has 0 aliphatic carbocycles. The van der Waals surface area contributed by atoms with E-state index in [2.05, 4.69) is 31.6 Å². The molecule has 0 heterocycles. The summed E-state index contributed by atoms with van der Waals surface area (Å²) >= 11 is 3.42. The van der Waals surface area contributed by atoms with E-state index >= 15 is 0 Å². The Morgan fingerprint density at radius 2 is 1.92 bits per heavy atom. The number of aliphatic hydroxyl groups excluding tert-OH is 1. The Balaban J connectivity index is 0.00000338. The largest absolute Gasteiger partial charge is 0.492 e. The van der Waals surface area contributed by atoms with Crippen molar-refractivity contribution in [3.05, 3.63) is 64.6 Å². The maximum absolute atomic E-state index is 9.60. The maximum Gasteiger partial charge on any atom is 0.191 e. The van der Waals surface area contributed by atoms with Crippen LogP contribution in [0.4, 0.5) is 0 Å². The molecule has 0 saturated carbocycles. The smallest absolute Gasteiger partial charge is 0.191 e. The van der Waals surface area contributed by atoms with Crippen LogP contribution in [0.15, 0.2) is 64.1 Å². The number of nitrogens with one attached hydrogen (secondary N) is 2. The van der Waals surface area contributed by atoms with Crippen LogP contribution in [-0.2, 0) is 0 Å². The molecule has 26 heavy (non-hydrogen) atoms. The summed E-state index contributed by atoms with van der Waals surface area (Å²) in [5.74, 6) is 1.54. The van der Waals surface area contributed by atoms with E-state index in [1.165, 1.54) is 0 Å². The van der Waals surface area contributed by atoms with Crippen molar-refractivity contribution in [1.82, 2.24) is 10.6 Å². The standard InChI is InChI=1S/C19H24BrN3O2.HI/c1-21-19(22-10-11-25-18-9-5-8-17(20)12-18)23-13-16(14-24)15-6-3-2-4-7-15;/h2-9,12,16,24H,10-11,13-14H2,1H3,(H2,21,22,23);1H. The summed E-state index contributed by atoms with van der Waals surface area (Å²) in [6.07, 6.45) is 0. The van der Waals surface area contributed by atoms with Gasteiger partial charge >= 0.3 is 0 Å². The zero-order valence-electron chi connectivity index (χ0n) is 14.7. The average molecular weight is 534 g/mol. The number of aliphatic hydroxyl groups is 1. The molecule has 3 N–H and O–H groups in total. The molecule has 2 aromatic carbocycles. The van der Waals surface area contributed by atoms with Gasteiger partial charge in [0.05, 0.1) is 13.2 Å². The van der Waals surface area contributed by atoms with Gasteiger partial charge in [-0.3, -0.25) is 4.99 Å². The monoisotopic (exact) mass is 533 g/mol. The number of benzene rings is 2. The summed E-state index contributed by atoms with van der Waals surface area (Å²) in [7, 11) is 1.72. The summed E-state index contributed by atoms with van der Waals surface area (Å²) < 4.78 is 6.67. The SMILES string of the molecule is CN=C(NCCOc1cccc(Br)c1)NCC(CO)c1ccccc1.I. The van der Waals surface area contributed by atoms with Crippen molar-refractivity contribution in [1.29, 1.82) is 0 Å². The minimum Gasteiger partial charge on any atom is -0.492 e. The second kappa shape index (κ2) is 12.9. The molecule has 5 nitrogen and oxygen atoms in total. The van der Waals surface area contributed by atoms with Crippen LogP contribution in [-0.4, -0.2) is 44.4 Å². The van der Waals surface area contributed by atoms with Gasteiger partial charge in [0.25, 0.3) is 0 Å². The topological polar surface area (TPSA) is 65.9 Å². The van der Waals surface area contributed by atoms with Crippen molar-refractivity contribution < 1.29 is 9.84 Å². The molecular weight excluding hydrogens is 509 g/mol. The van der Waals surface area contributed by atoms with Crippen LogP contribution in [0.25, 0.3) is 0 Å². The first-order chi connectivity index (χ1) is 12.2. The first-order valence-electron chi connectivity index (χ1n) is 8.21. The number of ether oxygens (including phenoxy) is 1. The third-order valence-corrected chi connectivity index (χ3v) is 4.18. The van der Waals surface area contributed by atoms with Crippen LogP contribution in [0.5, 0.6) is 5.75 Å². The molecule has 0 amide bonds. The molecule has 142 valence electrons. The highest BCUT2D eigenvalue weighted by Gasteiger charge is 2.10. The van der Waals surface area contributed by atoms with Crippen LogP contribution < -0.4 is 15.4 Å². The molecule has 0 radical (unpaired) electrons. The number of nitrogens with zero attached hydrogens (tertiary/aromatic N) is 1. The highest BCUT2D eigenvalue weighted by molar-refractivity contribution is 14.0. The first kappa shape index (κ1) is 22.7. The second-order valence-electron chi connectivity index (χ2n) is 5.48. The van der Waals surface area contributed by atoms with Gasteiger partial charge < -0.3 is 20.5 Å². The van der Waals surface area contributed by atoms with Gasteiger partial charge in [0.2, 0.25) is 0 Å². The number of aliphatic imine (C=N–C) groups is 1. The third-order valence-electron chi connectivity index (χ3n) is 3.69. The van der Waals surface area contributed by atoms with Crippen LogP contribution in [0.2, 0.25) is 0 Å². The van der Waals surface area contributed by atoms with Gasteiger partial charge in [-0.1, -0.05) is 52.3 Å². The molecule has 0 saturated heterocycles. The van der Waals surface area contributed by atoms with Gasteiger partial charge in [-0.15, -0.1) is 24.0 Å². The average Bonchev–Trinajstić information content (AvgIpc) is 2.65. The fourth-order valence-electron chi connectivity index (χ4n) is 2.35. The van der Waals surface area contributed by atoms with E-state index in [0.29, 0.717) is 25.7 Å². The fourth-order valence-corrected chi connectivity index (χ4v) is 2.73. The molecule has 2 rings (SSSR count). The van der Waals surface area contributed by atoms with Crippen molar-refractivity contribution >= 4 is 45.9 Å². The lowest BCUT2D eigenvalue weighted by Crippen LogP contribution is -2.41. The minimum absolute atomic E-state index is 0. The lowest BCUT2D eigenvalue weighted by atomic mass is 10.0. The number of hydrogen-bond acceptors (Lipinski definition) is 3. The zero-order valence-corrected chi connectivity index (χ0v) is 18.6. The quantitative estimate of drug-likeness (QED) is 0.211. The highest BCUT2D eigenvalue weighted by Crippen LogP contribution is 2.17. The van der Waals surface area contributed by atoms with E-state index in [1.807, 2.05) is 54.6 Å². The molecule has 7 heteroatoms. The second-order valence-corrected chi connectivity index (χ2v) is 6.39. The normalized spacial score (nSPS) is 12.0. The van der Waals surface area contributed by atoms with Gasteiger partial charge in [-0.05, 0) is 23.8 Å². The van der Waals surface area contributed by atoms with E-state index in [9.17, 15) is 5.11 Å². The number of guanidine groups is 1. The summed E-state index contributed by atoms with van der Waals surface area (Å²) in [5, 5.41) is 16.1. The van der Waals surface area contributed by atoms with Gasteiger partial charge in [0.1, 0.15) is 12.4 Å². The van der Waals surface area contributed by atoms with Crippen LogP contribution in [0, 0.1) is 0 Å². The van der Waals surface area contributed by atoms with E-state index < -0.39 is 0 Å². The molecule has 0 bridgehead atoms. The van der Waals surface area contributed by atoms with E-state index in [4.69, 9.17) is 4.74 Å². The predicted octanol–water partition coefficient (Wildman–Crippen LogP) is 3.39. The van der Waals surface area contributed by atoms with Crippen molar-refractivity contribution in [2.75, 3.05) is 33.4 Å². The van der Waals surface area contributed by atoms with Crippen molar-refractivity contribution in [2.24, 2.45) is 4.99 Å². The summed E-state index contributed by atoms with van der Waals surface area (Å²) in [4.78, 5) is 4.20. The van der Waals surface area contributed by atoms with Crippen LogP contribution in [0.1, 0.15) is 11.5 Å². The summed E-state index contributed by atoms with van der Waals surface area (Å²) in [5.41, 5.74) is 1.10. The first-order valence-corrected chi connectivity index (χ1v) is 9.01. The van der Waals surface area contributed by atoms with E-state index in [1.54, 1.807) is 7.05 Å². The van der Waals surface area contributed by atoms with Crippen LogP contribution >= 0.6 is 39.9 Å². The summed E-state index contributed by atoms with van der Waals surface area (Å²) in [6, 6.07) is 17.7. The minimum atomic E-state index is 0. The Hall–Kier alpha value is -1.32. The number of halogens is 2. The molecule has 0 aliphatic rings. The summed E-state index contributed by atoms with van der Waals surface area (Å²) in [6.45, 7) is 1.84.